The zero-order valence-corrected chi connectivity index (χ0v) is 20.0. The number of benzene rings is 2. The van der Waals surface area contributed by atoms with Crippen LogP contribution in [0.15, 0.2) is 79.4 Å². The highest BCUT2D eigenvalue weighted by Gasteiger charge is 2.39. The van der Waals surface area contributed by atoms with E-state index in [0.29, 0.717) is 40.1 Å². The van der Waals surface area contributed by atoms with Gasteiger partial charge in [-0.3, -0.25) is 24.5 Å². The van der Waals surface area contributed by atoms with Crippen LogP contribution in [0, 0.1) is 0 Å². The fourth-order valence-corrected chi connectivity index (χ4v) is 5.06. The van der Waals surface area contributed by atoms with Crippen LogP contribution in [0.1, 0.15) is 38.6 Å². The fourth-order valence-electron chi connectivity index (χ4n) is 4.43. The number of fused-ring (bicyclic) bond motifs is 1. The van der Waals surface area contributed by atoms with E-state index in [1.165, 1.54) is 6.20 Å². The van der Waals surface area contributed by atoms with E-state index in [4.69, 9.17) is 23.2 Å². The highest BCUT2D eigenvalue weighted by Crippen LogP contribution is 2.34. The molecule has 0 bridgehead atoms. The number of aromatic nitrogens is 3. The second kappa shape index (κ2) is 9.98. The summed E-state index contributed by atoms with van der Waals surface area (Å²) in [5.41, 5.74) is 2.31. The van der Waals surface area contributed by atoms with E-state index in [9.17, 15) is 9.59 Å². The molecule has 176 valence electrons. The first-order valence-corrected chi connectivity index (χ1v) is 11.9. The first-order chi connectivity index (χ1) is 17.0. The quantitative estimate of drug-likeness (QED) is 0.321. The molecular formula is C26H21Cl2N5O2. The number of amides is 2. The van der Waals surface area contributed by atoms with Gasteiger partial charge in [0.2, 0.25) is 0 Å². The molecule has 2 aromatic heterocycles. The summed E-state index contributed by atoms with van der Waals surface area (Å²) < 4.78 is 0. The van der Waals surface area contributed by atoms with Crippen molar-refractivity contribution in [2.45, 2.75) is 23.9 Å². The number of piperidine rings is 1. The van der Waals surface area contributed by atoms with Gasteiger partial charge in [0, 0.05) is 55.3 Å². The molecule has 7 nitrogen and oxygen atoms in total. The van der Waals surface area contributed by atoms with Crippen LogP contribution in [0.25, 0.3) is 11.0 Å². The summed E-state index contributed by atoms with van der Waals surface area (Å²) >= 11 is 13.1. The Kier molecular flexibility index (Phi) is 6.61. The summed E-state index contributed by atoms with van der Waals surface area (Å²) in [7, 11) is 0. The van der Waals surface area contributed by atoms with Gasteiger partial charge in [0.15, 0.2) is 0 Å². The number of hydrogen-bond donors (Lipinski definition) is 1. The van der Waals surface area contributed by atoms with Crippen molar-refractivity contribution in [3.05, 3.63) is 101 Å². The number of halogens is 2. The monoisotopic (exact) mass is 505 g/mol. The SMILES string of the molecule is O=C(N[C@@H]1CC(Cl)N(C(=O)c2cc(Cl)c3nccnc3c2)C[C@@H]1c1ccccc1)c1cccnc1. The molecule has 4 aromatic rings. The van der Waals surface area contributed by atoms with Gasteiger partial charge in [-0.05, 0) is 29.8 Å². The van der Waals surface area contributed by atoms with Crippen LogP contribution in [0.5, 0.6) is 0 Å². The largest absolute Gasteiger partial charge is 0.348 e. The molecule has 2 amide bonds. The number of rotatable bonds is 4. The standard InChI is InChI=1S/C26H21Cl2N5O2/c27-20-11-18(12-22-24(20)31-10-9-30-22)26(35)33-15-19(16-5-2-1-3-6-16)21(13-23(33)28)32-25(34)17-7-4-8-29-14-17/h1-12,14,19,21,23H,13,15H2,(H,32,34)/t19-,21-,23?/m1/s1. The zero-order chi connectivity index (χ0) is 24.4. The van der Waals surface area contributed by atoms with Gasteiger partial charge >= 0.3 is 0 Å². The lowest BCUT2D eigenvalue weighted by Gasteiger charge is -2.42. The molecular weight excluding hydrogens is 485 g/mol. The van der Waals surface area contributed by atoms with Crippen molar-refractivity contribution in [3.8, 4) is 0 Å². The maximum atomic E-state index is 13.6. The van der Waals surface area contributed by atoms with Crippen LogP contribution in [-0.2, 0) is 0 Å². The smallest absolute Gasteiger partial charge is 0.255 e. The van der Waals surface area contributed by atoms with Crippen molar-refractivity contribution in [2.24, 2.45) is 0 Å². The Bertz CT molecular complexity index is 1370. The first kappa shape index (κ1) is 23.2. The molecule has 2 aromatic carbocycles. The molecule has 9 heteroatoms. The normalized spacial score (nSPS) is 19.9. The maximum absolute atomic E-state index is 13.6. The minimum absolute atomic E-state index is 0.161. The van der Waals surface area contributed by atoms with Gasteiger partial charge in [0.25, 0.3) is 11.8 Å². The highest BCUT2D eigenvalue weighted by atomic mass is 35.5. The fraction of sp³-hybridized carbons (Fsp3) is 0.192. The molecule has 35 heavy (non-hydrogen) atoms. The number of alkyl halides is 1. The number of hydrogen-bond acceptors (Lipinski definition) is 5. The van der Waals surface area contributed by atoms with Gasteiger partial charge < -0.3 is 10.2 Å². The molecule has 5 rings (SSSR count). The molecule has 3 heterocycles. The lowest BCUT2D eigenvalue weighted by atomic mass is 9.85. The van der Waals surface area contributed by atoms with Crippen molar-refractivity contribution in [2.75, 3.05) is 6.54 Å². The van der Waals surface area contributed by atoms with E-state index in [-0.39, 0.29) is 23.8 Å². The minimum Gasteiger partial charge on any atom is -0.348 e. The number of carbonyl (C=O) groups is 2. The molecule has 1 fully saturated rings. The van der Waals surface area contributed by atoms with Crippen molar-refractivity contribution in [1.82, 2.24) is 25.2 Å². The first-order valence-electron chi connectivity index (χ1n) is 11.1. The topological polar surface area (TPSA) is 88.1 Å². The third kappa shape index (κ3) is 4.83. The maximum Gasteiger partial charge on any atom is 0.255 e. The summed E-state index contributed by atoms with van der Waals surface area (Å²) in [6.07, 6.45) is 6.63. The molecule has 0 spiro atoms. The predicted octanol–water partition coefficient (Wildman–Crippen LogP) is 4.67. The van der Waals surface area contributed by atoms with Crippen LogP contribution < -0.4 is 5.32 Å². The lowest BCUT2D eigenvalue weighted by molar-refractivity contribution is 0.0631. The lowest BCUT2D eigenvalue weighted by Crippen LogP contribution is -2.54. The zero-order valence-electron chi connectivity index (χ0n) is 18.5. The summed E-state index contributed by atoms with van der Waals surface area (Å²) in [5, 5.41) is 3.46. The van der Waals surface area contributed by atoms with E-state index >= 15 is 0 Å². The third-order valence-corrected chi connectivity index (χ3v) is 6.87. The van der Waals surface area contributed by atoms with Crippen LogP contribution in [-0.4, -0.2) is 49.8 Å². The van der Waals surface area contributed by atoms with E-state index in [1.807, 2.05) is 30.3 Å². The van der Waals surface area contributed by atoms with Gasteiger partial charge in [-0.15, -0.1) is 0 Å². The molecule has 1 saturated heterocycles. The van der Waals surface area contributed by atoms with Crippen molar-refractivity contribution in [1.29, 1.82) is 0 Å². The van der Waals surface area contributed by atoms with E-state index in [2.05, 4.69) is 20.3 Å². The number of nitrogens with zero attached hydrogens (tertiary/aromatic N) is 4. The molecule has 0 aliphatic carbocycles. The summed E-state index contributed by atoms with van der Waals surface area (Å²) in [5.74, 6) is -0.642. The second-order valence-corrected chi connectivity index (χ2v) is 9.26. The molecule has 1 aliphatic heterocycles. The highest BCUT2D eigenvalue weighted by molar-refractivity contribution is 6.35. The number of likely N-dealkylation sites (tertiary alicyclic amines) is 1. The van der Waals surface area contributed by atoms with Crippen LogP contribution >= 0.6 is 23.2 Å². The summed E-state index contributed by atoms with van der Waals surface area (Å²) in [6, 6.07) is 16.2. The average molecular weight is 506 g/mol. The molecule has 0 saturated carbocycles. The predicted molar refractivity (Wildman–Crippen MR) is 135 cm³/mol. The van der Waals surface area contributed by atoms with Gasteiger partial charge in [0.1, 0.15) is 11.0 Å². The van der Waals surface area contributed by atoms with Crippen molar-refractivity contribution >= 4 is 46.0 Å². The molecule has 3 atom stereocenters. The van der Waals surface area contributed by atoms with Gasteiger partial charge in [-0.25, -0.2) is 0 Å². The minimum atomic E-state index is -0.627. The molecule has 1 unspecified atom stereocenters. The number of carbonyl (C=O) groups excluding carboxylic acids is 2. The van der Waals surface area contributed by atoms with Crippen LogP contribution in [0.4, 0.5) is 0 Å². The average Bonchev–Trinajstić information content (AvgIpc) is 2.89. The van der Waals surface area contributed by atoms with Gasteiger partial charge in [0.05, 0.1) is 16.1 Å². The van der Waals surface area contributed by atoms with Crippen molar-refractivity contribution in [3.63, 3.8) is 0 Å². The van der Waals surface area contributed by atoms with Crippen LogP contribution in [0.2, 0.25) is 5.02 Å². The van der Waals surface area contributed by atoms with Crippen LogP contribution in [0.3, 0.4) is 0 Å². The molecule has 1 aliphatic rings. The Morgan fingerprint density at radius 3 is 2.54 bits per heavy atom. The molecule has 1 N–H and O–H groups in total. The van der Waals surface area contributed by atoms with E-state index < -0.39 is 5.50 Å². The van der Waals surface area contributed by atoms with E-state index in [1.54, 1.807) is 47.8 Å². The second-order valence-electron chi connectivity index (χ2n) is 8.35. The van der Waals surface area contributed by atoms with Crippen molar-refractivity contribution < 1.29 is 9.59 Å². The number of nitrogens with one attached hydrogen (secondary N) is 1. The summed E-state index contributed by atoms with van der Waals surface area (Å²) in [4.78, 5) is 40.6. The number of pyridine rings is 1. The Morgan fingerprint density at radius 2 is 1.77 bits per heavy atom. The Balaban J connectivity index is 1.44. The summed E-state index contributed by atoms with van der Waals surface area (Å²) in [6.45, 7) is 0.325. The van der Waals surface area contributed by atoms with E-state index in [0.717, 1.165) is 5.56 Å². The Hall–Kier alpha value is -3.55. The molecule has 0 radical (unpaired) electrons. The Labute approximate surface area is 212 Å². The van der Waals surface area contributed by atoms with Gasteiger partial charge in [-0.2, -0.15) is 0 Å². The third-order valence-electron chi connectivity index (χ3n) is 6.17. The van der Waals surface area contributed by atoms with Gasteiger partial charge in [-0.1, -0.05) is 53.5 Å². The Morgan fingerprint density at radius 1 is 0.971 bits per heavy atom.